The summed E-state index contributed by atoms with van der Waals surface area (Å²) in [6.45, 7) is 0. The summed E-state index contributed by atoms with van der Waals surface area (Å²) >= 11 is 1.65. The first-order chi connectivity index (χ1) is 10.7. The highest BCUT2D eigenvalue weighted by molar-refractivity contribution is 7.07. The molecule has 0 aliphatic carbocycles. The van der Waals surface area contributed by atoms with Crippen molar-refractivity contribution >= 4 is 17.2 Å². The van der Waals surface area contributed by atoms with E-state index in [1.54, 1.807) is 47.9 Å². The third-order valence-corrected chi connectivity index (χ3v) is 4.11. The summed E-state index contributed by atoms with van der Waals surface area (Å²) in [6.07, 6.45) is 7.54. The Bertz CT molecular complexity index is 737. The molecular formula is C16H16N4OS. The van der Waals surface area contributed by atoms with Crippen molar-refractivity contribution in [1.82, 2.24) is 20.1 Å². The molecule has 0 aliphatic rings. The summed E-state index contributed by atoms with van der Waals surface area (Å²) in [6, 6.07) is 5.82. The lowest BCUT2D eigenvalue weighted by Gasteiger charge is -2.18. The molecule has 0 radical (unpaired) electrons. The van der Waals surface area contributed by atoms with Crippen molar-refractivity contribution in [3.63, 3.8) is 0 Å². The van der Waals surface area contributed by atoms with Crippen LogP contribution < -0.4 is 5.32 Å². The summed E-state index contributed by atoms with van der Waals surface area (Å²) in [5, 5.41) is 11.2. The third-order valence-electron chi connectivity index (χ3n) is 3.38. The number of nitrogens with zero attached hydrogens (tertiary/aromatic N) is 3. The molecule has 3 heterocycles. The largest absolute Gasteiger partial charge is 0.345 e. The van der Waals surface area contributed by atoms with Crippen LogP contribution in [0.15, 0.2) is 53.7 Å². The maximum absolute atomic E-state index is 12.4. The number of pyridine rings is 1. The van der Waals surface area contributed by atoms with Crippen molar-refractivity contribution in [2.45, 2.75) is 12.5 Å². The molecule has 0 saturated carbocycles. The normalized spacial score (nSPS) is 12.0. The average molecular weight is 312 g/mol. The molecule has 22 heavy (non-hydrogen) atoms. The summed E-state index contributed by atoms with van der Waals surface area (Å²) < 4.78 is 1.62. The van der Waals surface area contributed by atoms with Crippen molar-refractivity contribution in [2.24, 2.45) is 7.05 Å². The van der Waals surface area contributed by atoms with Crippen LogP contribution in [0, 0.1) is 0 Å². The van der Waals surface area contributed by atoms with E-state index < -0.39 is 0 Å². The molecule has 3 aromatic heterocycles. The van der Waals surface area contributed by atoms with Crippen LogP contribution in [-0.4, -0.2) is 20.7 Å². The highest BCUT2D eigenvalue weighted by Gasteiger charge is 2.17. The molecule has 0 fully saturated rings. The van der Waals surface area contributed by atoms with E-state index >= 15 is 0 Å². The molecule has 1 unspecified atom stereocenters. The lowest BCUT2D eigenvalue weighted by atomic mass is 10.0. The molecule has 3 aromatic rings. The van der Waals surface area contributed by atoms with Gasteiger partial charge in [0.25, 0.3) is 5.91 Å². The predicted molar refractivity (Wildman–Crippen MR) is 85.7 cm³/mol. The predicted octanol–water partition coefficient (Wildman–Crippen LogP) is 2.59. The zero-order chi connectivity index (χ0) is 15.4. The van der Waals surface area contributed by atoms with E-state index in [2.05, 4.69) is 26.8 Å². The van der Waals surface area contributed by atoms with Crippen LogP contribution >= 0.6 is 11.3 Å². The van der Waals surface area contributed by atoms with E-state index in [0.717, 1.165) is 12.0 Å². The number of nitrogens with one attached hydrogen (secondary N) is 1. The topological polar surface area (TPSA) is 59.8 Å². The molecule has 0 spiro atoms. The Labute approximate surface area is 132 Å². The van der Waals surface area contributed by atoms with Gasteiger partial charge in [0.05, 0.1) is 17.8 Å². The molecular weight excluding hydrogens is 296 g/mol. The van der Waals surface area contributed by atoms with Gasteiger partial charge in [-0.15, -0.1) is 0 Å². The highest BCUT2D eigenvalue weighted by Crippen LogP contribution is 2.20. The highest BCUT2D eigenvalue weighted by atomic mass is 32.1. The zero-order valence-corrected chi connectivity index (χ0v) is 13.0. The van der Waals surface area contributed by atoms with Gasteiger partial charge in [0, 0.05) is 25.6 Å². The molecule has 1 amide bonds. The smallest absolute Gasteiger partial charge is 0.254 e. The molecule has 112 valence electrons. The molecule has 0 bridgehead atoms. The number of carbonyl (C=O) groups excluding carboxylic acids is 1. The summed E-state index contributed by atoms with van der Waals surface area (Å²) in [5.41, 5.74) is 2.75. The second-order valence-corrected chi connectivity index (χ2v) is 5.83. The summed E-state index contributed by atoms with van der Waals surface area (Å²) in [4.78, 5) is 16.5. The Hall–Kier alpha value is -2.47. The minimum absolute atomic E-state index is 0.115. The van der Waals surface area contributed by atoms with Crippen molar-refractivity contribution in [3.8, 4) is 0 Å². The zero-order valence-electron chi connectivity index (χ0n) is 12.1. The van der Waals surface area contributed by atoms with Crippen LogP contribution in [0.4, 0.5) is 0 Å². The van der Waals surface area contributed by atoms with Gasteiger partial charge in [-0.05, 0) is 40.4 Å². The van der Waals surface area contributed by atoms with E-state index in [-0.39, 0.29) is 11.9 Å². The number of thiophene rings is 1. The fraction of sp³-hybridized carbons (Fsp3) is 0.188. The Balaban J connectivity index is 1.80. The molecule has 0 saturated heterocycles. The van der Waals surface area contributed by atoms with Crippen LogP contribution in [-0.2, 0) is 13.5 Å². The van der Waals surface area contributed by atoms with Gasteiger partial charge in [-0.2, -0.15) is 16.4 Å². The fourth-order valence-electron chi connectivity index (χ4n) is 2.26. The lowest BCUT2D eigenvalue weighted by Crippen LogP contribution is -2.29. The Morgan fingerprint density at radius 2 is 2.32 bits per heavy atom. The summed E-state index contributed by atoms with van der Waals surface area (Å²) in [5.74, 6) is -0.128. The molecule has 5 nitrogen and oxygen atoms in total. The number of hydrogen-bond donors (Lipinski definition) is 1. The average Bonchev–Trinajstić information content (AvgIpc) is 3.19. The van der Waals surface area contributed by atoms with Crippen molar-refractivity contribution < 1.29 is 4.79 Å². The number of amides is 1. The van der Waals surface area contributed by atoms with Crippen molar-refractivity contribution in [3.05, 3.63) is 70.4 Å². The van der Waals surface area contributed by atoms with Crippen molar-refractivity contribution in [1.29, 1.82) is 0 Å². The van der Waals surface area contributed by atoms with Gasteiger partial charge in [-0.3, -0.25) is 14.5 Å². The number of aromatic nitrogens is 3. The van der Waals surface area contributed by atoms with Crippen LogP contribution in [0.5, 0.6) is 0 Å². The Morgan fingerprint density at radius 3 is 2.95 bits per heavy atom. The second kappa shape index (κ2) is 6.53. The van der Waals surface area contributed by atoms with Crippen molar-refractivity contribution in [2.75, 3.05) is 0 Å². The van der Waals surface area contributed by atoms with E-state index in [9.17, 15) is 4.79 Å². The molecule has 1 atom stereocenters. The van der Waals surface area contributed by atoms with E-state index in [4.69, 9.17) is 0 Å². The van der Waals surface area contributed by atoms with Gasteiger partial charge in [-0.25, -0.2) is 0 Å². The minimum atomic E-state index is -0.128. The van der Waals surface area contributed by atoms with Crippen LogP contribution in [0.25, 0.3) is 0 Å². The van der Waals surface area contributed by atoms with Gasteiger partial charge in [0.15, 0.2) is 0 Å². The first-order valence-corrected chi connectivity index (χ1v) is 7.87. The quantitative estimate of drug-likeness (QED) is 0.788. The van der Waals surface area contributed by atoms with Gasteiger partial charge in [-0.1, -0.05) is 6.07 Å². The first kappa shape index (κ1) is 14.5. The van der Waals surface area contributed by atoms with E-state index in [0.29, 0.717) is 5.56 Å². The van der Waals surface area contributed by atoms with Gasteiger partial charge >= 0.3 is 0 Å². The van der Waals surface area contributed by atoms with E-state index in [1.807, 2.05) is 17.5 Å². The summed E-state index contributed by atoms with van der Waals surface area (Å²) in [7, 11) is 1.79. The van der Waals surface area contributed by atoms with Crippen LogP contribution in [0.2, 0.25) is 0 Å². The third kappa shape index (κ3) is 3.40. The maximum atomic E-state index is 12.4. The SMILES string of the molecule is Cn1cc(C(=O)NC(Cc2ccsc2)c2cccnc2)cn1. The Morgan fingerprint density at radius 1 is 1.41 bits per heavy atom. The monoisotopic (exact) mass is 312 g/mol. The second-order valence-electron chi connectivity index (χ2n) is 5.05. The molecule has 6 heteroatoms. The van der Waals surface area contributed by atoms with Crippen LogP contribution in [0.3, 0.4) is 0 Å². The molecule has 1 N–H and O–H groups in total. The minimum Gasteiger partial charge on any atom is -0.345 e. The molecule has 3 rings (SSSR count). The molecule has 0 aliphatic heterocycles. The molecule has 0 aromatic carbocycles. The Kier molecular flexibility index (Phi) is 4.29. The van der Waals surface area contributed by atoms with Gasteiger partial charge in [0.1, 0.15) is 0 Å². The lowest BCUT2D eigenvalue weighted by molar-refractivity contribution is 0.0936. The maximum Gasteiger partial charge on any atom is 0.254 e. The van der Waals surface area contributed by atoms with Gasteiger partial charge in [0.2, 0.25) is 0 Å². The number of carbonyl (C=O) groups is 1. The number of aryl methyl sites for hydroxylation is 1. The standard InChI is InChI=1S/C16H16N4OS/c1-20-10-14(9-18-20)16(21)19-15(7-12-4-6-22-11-12)13-3-2-5-17-8-13/h2-6,8-11,15H,7H2,1H3,(H,19,21). The van der Waals surface area contributed by atoms with Gasteiger partial charge < -0.3 is 5.32 Å². The first-order valence-electron chi connectivity index (χ1n) is 6.93. The van der Waals surface area contributed by atoms with E-state index in [1.165, 1.54) is 5.56 Å². The number of rotatable bonds is 5. The number of hydrogen-bond acceptors (Lipinski definition) is 4. The van der Waals surface area contributed by atoms with Crippen LogP contribution in [0.1, 0.15) is 27.5 Å². The fourth-order valence-corrected chi connectivity index (χ4v) is 2.94.